The summed E-state index contributed by atoms with van der Waals surface area (Å²) in [5.41, 5.74) is 0.581. The first-order valence-corrected chi connectivity index (χ1v) is 2.94. The molecule has 0 saturated carbocycles. The van der Waals surface area contributed by atoms with E-state index in [2.05, 4.69) is 10.2 Å². The predicted molar refractivity (Wildman–Crippen MR) is 34.9 cm³/mol. The largest absolute Gasteiger partial charge is 0.475 e. The molecular weight excluding hydrogens is 148 g/mol. The highest BCUT2D eigenvalue weighted by Crippen LogP contribution is 1.95. The summed E-state index contributed by atoms with van der Waals surface area (Å²) in [7, 11) is 0. The van der Waals surface area contributed by atoms with Crippen LogP contribution in [-0.4, -0.2) is 27.1 Å². The van der Waals surface area contributed by atoms with Crippen LogP contribution in [0.2, 0.25) is 0 Å². The standard InChI is InChI=1S/C6H6N2O3/c9-5(6(10)11)1-4-2-7-8-3-4/h2-3H,1H2,(H,7,8)(H,10,11). The van der Waals surface area contributed by atoms with Crippen LogP contribution in [0.15, 0.2) is 12.4 Å². The number of nitrogens with one attached hydrogen (secondary N) is 1. The molecule has 0 saturated heterocycles. The lowest BCUT2D eigenvalue weighted by Crippen LogP contribution is -2.14. The Kier molecular flexibility index (Phi) is 2.00. The third kappa shape index (κ3) is 1.89. The van der Waals surface area contributed by atoms with Crippen molar-refractivity contribution in [2.45, 2.75) is 6.42 Å². The zero-order chi connectivity index (χ0) is 8.27. The van der Waals surface area contributed by atoms with Gasteiger partial charge >= 0.3 is 5.97 Å². The number of aromatic nitrogens is 2. The molecule has 2 N–H and O–H groups in total. The first-order chi connectivity index (χ1) is 5.20. The topological polar surface area (TPSA) is 83.0 Å². The van der Waals surface area contributed by atoms with Gasteiger partial charge in [-0.25, -0.2) is 4.79 Å². The third-order valence-electron chi connectivity index (χ3n) is 1.16. The van der Waals surface area contributed by atoms with Crippen LogP contribution in [0.5, 0.6) is 0 Å². The SMILES string of the molecule is O=C(O)C(=O)Cc1cn[nH]c1. The number of hydrogen-bond donors (Lipinski definition) is 2. The fourth-order valence-electron chi connectivity index (χ4n) is 0.635. The number of carboxylic acids is 1. The number of nitrogens with zero attached hydrogens (tertiary/aromatic N) is 1. The van der Waals surface area contributed by atoms with Crippen LogP contribution in [0.4, 0.5) is 0 Å². The van der Waals surface area contributed by atoms with Crippen molar-refractivity contribution in [2.75, 3.05) is 0 Å². The summed E-state index contributed by atoms with van der Waals surface area (Å²) in [5.74, 6) is -2.24. The summed E-state index contributed by atoms with van der Waals surface area (Å²) in [6.07, 6.45) is 2.80. The summed E-state index contributed by atoms with van der Waals surface area (Å²) in [6, 6.07) is 0. The number of carbonyl (C=O) groups excluding carboxylic acids is 1. The van der Waals surface area contributed by atoms with Crippen LogP contribution in [-0.2, 0) is 16.0 Å². The van der Waals surface area contributed by atoms with Crippen LogP contribution in [0.3, 0.4) is 0 Å². The normalized spacial score (nSPS) is 9.45. The fraction of sp³-hybridized carbons (Fsp3) is 0.167. The molecule has 0 aromatic carbocycles. The highest BCUT2D eigenvalue weighted by molar-refractivity contribution is 6.33. The minimum Gasteiger partial charge on any atom is -0.475 e. The van der Waals surface area contributed by atoms with Gasteiger partial charge in [-0.1, -0.05) is 0 Å². The van der Waals surface area contributed by atoms with E-state index in [-0.39, 0.29) is 6.42 Å². The van der Waals surface area contributed by atoms with E-state index in [1.807, 2.05) is 0 Å². The van der Waals surface area contributed by atoms with Gasteiger partial charge in [0.1, 0.15) is 0 Å². The molecule has 0 fully saturated rings. The quantitative estimate of drug-likeness (QED) is 0.580. The average molecular weight is 154 g/mol. The van der Waals surface area contributed by atoms with E-state index < -0.39 is 11.8 Å². The number of aromatic amines is 1. The van der Waals surface area contributed by atoms with Gasteiger partial charge in [-0.2, -0.15) is 5.10 Å². The Morgan fingerprint density at radius 1 is 1.64 bits per heavy atom. The van der Waals surface area contributed by atoms with E-state index in [4.69, 9.17) is 5.11 Å². The zero-order valence-electron chi connectivity index (χ0n) is 5.57. The Balaban J connectivity index is 2.57. The van der Waals surface area contributed by atoms with E-state index in [0.717, 1.165) is 0 Å². The maximum Gasteiger partial charge on any atom is 0.372 e. The van der Waals surface area contributed by atoms with E-state index in [0.29, 0.717) is 5.56 Å². The molecule has 0 bridgehead atoms. The van der Waals surface area contributed by atoms with E-state index >= 15 is 0 Å². The molecule has 0 aliphatic rings. The van der Waals surface area contributed by atoms with Gasteiger partial charge in [0, 0.05) is 12.6 Å². The molecule has 11 heavy (non-hydrogen) atoms. The van der Waals surface area contributed by atoms with Crippen molar-refractivity contribution in [1.29, 1.82) is 0 Å². The van der Waals surface area contributed by atoms with Gasteiger partial charge < -0.3 is 5.11 Å². The molecule has 0 aliphatic carbocycles. The Bertz CT molecular complexity index is 265. The van der Waals surface area contributed by atoms with Crippen LogP contribution in [0.1, 0.15) is 5.56 Å². The molecule has 1 aromatic heterocycles. The number of ketones is 1. The van der Waals surface area contributed by atoms with E-state index in [1.165, 1.54) is 12.4 Å². The molecule has 5 heteroatoms. The van der Waals surface area contributed by atoms with Crippen molar-refractivity contribution < 1.29 is 14.7 Å². The molecule has 0 atom stereocenters. The second-order valence-electron chi connectivity index (χ2n) is 2.01. The molecular formula is C6H6N2O3. The first-order valence-electron chi connectivity index (χ1n) is 2.94. The van der Waals surface area contributed by atoms with Gasteiger partial charge in [-0.15, -0.1) is 0 Å². The van der Waals surface area contributed by atoms with Crippen molar-refractivity contribution in [1.82, 2.24) is 10.2 Å². The lowest BCUT2D eigenvalue weighted by Gasteiger charge is -1.88. The maximum atomic E-state index is 10.6. The Morgan fingerprint density at radius 3 is 2.82 bits per heavy atom. The van der Waals surface area contributed by atoms with Gasteiger partial charge in [-0.3, -0.25) is 9.89 Å². The highest BCUT2D eigenvalue weighted by atomic mass is 16.4. The minimum atomic E-state index is -1.41. The summed E-state index contributed by atoms with van der Waals surface area (Å²) < 4.78 is 0. The number of hydrogen-bond acceptors (Lipinski definition) is 3. The second-order valence-corrected chi connectivity index (χ2v) is 2.01. The molecule has 58 valence electrons. The predicted octanol–water partition coefficient (Wildman–Crippen LogP) is -0.394. The molecule has 1 aromatic rings. The van der Waals surface area contributed by atoms with Crippen LogP contribution in [0, 0.1) is 0 Å². The number of carboxylic acid groups (broad SMARTS) is 1. The third-order valence-corrected chi connectivity index (χ3v) is 1.16. The number of Topliss-reactive ketones (excluding diaryl/α,β-unsaturated/α-hetero) is 1. The molecule has 0 radical (unpaired) electrons. The van der Waals surface area contributed by atoms with Crippen molar-refractivity contribution in [3.8, 4) is 0 Å². The highest BCUT2D eigenvalue weighted by Gasteiger charge is 2.11. The van der Waals surface area contributed by atoms with Crippen molar-refractivity contribution in [2.24, 2.45) is 0 Å². The maximum absolute atomic E-state index is 10.6. The molecule has 1 heterocycles. The minimum absolute atomic E-state index is 0.105. The van der Waals surface area contributed by atoms with Crippen molar-refractivity contribution >= 4 is 11.8 Å². The van der Waals surface area contributed by atoms with Gasteiger partial charge in [0.2, 0.25) is 5.78 Å². The number of aliphatic carboxylic acids is 1. The van der Waals surface area contributed by atoms with E-state index in [9.17, 15) is 9.59 Å². The average Bonchev–Trinajstić information content (AvgIpc) is 2.39. The van der Waals surface area contributed by atoms with Gasteiger partial charge in [-0.05, 0) is 5.56 Å². The summed E-state index contributed by atoms with van der Waals surface area (Å²) in [4.78, 5) is 20.6. The van der Waals surface area contributed by atoms with Crippen LogP contribution >= 0.6 is 0 Å². The summed E-state index contributed by atoms with van der Waals surface area (Å²) >= 11 is 0. The van der Waals surface area contributed by atoms with Crippen LogP contribution in [0.25, 0.3) is 0 Å². The van der Waals surface area contributed by atoms with Gasteiger partial charge in [0.15, 0.2) is 0 Å². The van der Waals surface area contributed by atoms with E-state index in [1.54, 1.807) is 0 Å². The molecule has 5 nitrogen and oxygen atoms in total. The van der Waals surface area contributed by atoms with Crippen molar-refractivity contribution in [3.63, 3.8) is 0 Å². The summed E-state index contributed by atoms with van der Waals surface area (Å²) in [5, 5.41) is 14.2. The second kappa shape index (κ2) is 2.96. The molecule has 0 amide bonds. The first kappa shape index (κ1) is 7.46. The lowest BCUT2D eigenvalue weighted by atomic mass is 10.2. The molecule has 0 spiro atoms. The van der Waals surface area contributed by atoms with Gasteiger partial charge in [0.05, 0.1) is 6.20 Å². The Hall–Kier alpha value is -1.65. The molecule has 1 rings (SSSR count). The number of carbonyl (C=O) groups is 2. The summed E-state index contributed by atoms with van der Waals surface area (Å²) in [6.45, 7) is 0. The van der Waals surface area contributed by atoms with Gasteiger partial charge in [0.25, 0.3) is 0 Å². The number of H-pyrrole nitrogens is 1. The smallest absolute Gasteiger partial charge is 0.372 e. The molecule has 0 aliphatic heterocycles. The zero-order valence-corrected chi connectivity index (χ0v) is 5.57. The number of rotatable bonds is 3. The van der Waals surface area contributed by atoms with Crippen molar-refractivity contribution in [3.05, 3.63) is 18.0 Å². The van der Waals surface area contributed by atoms with Crippen LogP contribution < -0.4 is 0 Å². The lowest BCUT2D eigenvalue weighted by molar-refractivity contribution is -0.148. The molecule has 0 unspecified atom stereocenters. The fourth-order valence-corrected chi connectivity index (χ4v) is 0.635. The Morgan fingerprint density at radius 2 is 2.36 bits per heavy atom. The monoisotopic (exact) mass is 154 g/mol. The Labute approximate surface area is 62.0 Å².